The maximum atomic E-state index is 5.44. The lowest BCUT2D eigenvalue weighted by Gasteiger charge is -2.21. The molecule has 0 bridgehead atoms. The summed E-state index contributed by atoms with van der Waals surface area (Å²) in [6.45, 7) is 3.70. The molecule has 5 heteroatoms. The third kappa shape index (κ3) is 4.44. The van der Waals surface area contributed by atoms with Crippen molar-refractivity contribution in [1.29, 1.82) is 0 Å². The molecule has 2 aromatic rings. The highest BCUT2D eigenvalue weighted by Crippen LogP contribution is 2.17. The van der Waals surface area contributed by atoms with Gasteiger partial charge >= 0.3 is 0 Å². The fourth-order valence-electron chi connectivity index (χ4n) is 1.91. The second-order valence-electron chi connectivity index (χ2n) is 4.89. The highest BCUT2D eigenvalue weighted by Gasteiger charge is 2.07. The lowest BCUT2D eigenvalue weighted by Crippen LogP contribution is -2.36. The van der Waals surface area contributed by atoms with Gasteiger partial charge in [0.1, 0.15) is 5.75 Å². The normalized spacial score (nSPS) is 10.2. The molecule has 0 aliphatic heterocycles. The van der Waals surface area contributed by atoms with E-state index in [1.807, 2.05) is 31.3 Å². The van der Waals surface area contributed by atoms with E-state index >= 15 is 0 Å². The Morgan fingerprint density at radius 3 is 2.57 bits per heavy atom. The number of benzene rings is 1. The molecule has 112 valence electrons. The molecule has 21 heavy (non-hydrogen) atoms. The SMILES string of the molecule is COc1ccc(CNC(=S)N(C)Cc2sccc2C)cc1. The van der Waals surface area contributed by atoms with Gasteiger partial charge in [-0.3, -0.25) is 0 Å². The van der Waals surface area contributed by atoms with Gasteiger partial charge in [0.05, 0.1) is 13.7 Å². The Labute approximate surface area is 135 Å². The zero-order chi connectivity index (χ0) is 15.2. The van der Waals surface area contributed by atoms with Crippen LogP contribution in [0.1, 0.15) is 16.0 Å². The molecule has 0 saturated carbocycles. The monoisotopic (exact) mass is 320 g/mol. The van der Waals surface area contributed by atoms with E-state index in [4.69, 9.17) is 17.0 Å². The van der Waals surface area contributed by atoms with E-state index in [0.717, 1.165) is 24.0 Å². The first-order valence-electron chi connectivity index (χ1n) is 6.75. The summed E-state index contributed by atoms with van der Waals surface area (Å²) in [6.07, 6.45) is 0. The molecule has 1 aromatic heterocycles. The minimum atomic E-state index is 0.719. The molecule has 0 atom stereocenters. The predicted molar refractivity (Wildman–Crippen MR) is 93.0 cm³/mol. The highest BCUT2D eigenvalue weighted by atomic mass is 32.1. The van der Waals surface area contributed by atoms with Crippen molar-refractivity contribution in [2.24, 2.45) is 0 Å². The molecular formula is C16H20N2OS2. The summed E-state index contributed by atoms with van der Waals surface area (Å²) in [4.78, 5) is 3.42. The van der Waals surface area contributed by atoms with E-state index in [9.17, 15) is 0 Å². The number of ether oxygens (including phenoxy) is 1. The van der Waals surface area contributed by atoms with Crippen molar-refractivity contribution in [2.75, 3.05) is 14.2 Å². The van der Waals surface area contributed by atoms with Gasteiger partial charge in [0, 0.05) is 18.5 Å². The zero-order valence-corrected chi connectivity index (χ0v) is 14.2. The van der Waals surface area contributed by atoms with Crippen LogP contribution < -0.4 is 10.1 Å². The van der Waals surface area contributed by atoms with Crippen LogP contribution in [0.3, 0.4) is 0 Å². The third-order valence-corrected chi connectivity index (χ3v) is 4.76. The summed E-state index contributed by atoms with van der Waals surface area (Å²) in [7, 11) is 3.69. The first-order chi connectivity index (χ1) is 10.1. The minimum Gasteiger partial charge on any atom is -0.497 e. The van der Waals surface area contributed by atoms with Gasteiger partial charge < -0.3 is 15.0 Å². The summed E-state index contributed by atoms with van der Waals surface area (Å²) >= 11 is 7.21. The largest absolute Gasteiger partial charge is 0.497 e. The van der Waals surface area contributed by atoms with E-state index < -0.39 is 0 Å². The lowest BCUT2D eigenvalue weighted by atomic mass is 10.2. The Hall–Kier alpha value is -1.59. The van der Waals surface area contributed by atoms with Crippen molar-refractivity contribution < 1.29 is 4.74 Å². The fourth-order valence-corrected chi connectivity index (χ4v) is 3.00. The van der Waals surface area contributed by atoms with Crippen LogP contribution in [0.5, 0.6) is 5.75 Å². The predicted octanol–water partition coefficient (Wildman–Crippen LogP) is 3.57. The Morgan fingerprint density at radius 1 is 1.29 bits per heavy atom. The van der Waals surface area contributed by atoms with Gasteiger partial charge in [0.15, 0.2) is 5.11 Å². The number of hydrogen-bond donors (Lipinski definition) is 1. The average molecular weight is 320 g/mol. The zero-order valence-electron chi connectivity index (χ0n) is 12.6. The summed E-state index contributed by atoms with van der Waals surface area (Å²) in [5.41, 5.74) is 2.50. The summed E-state index contributed by atoms with van der Waals surface area (Å²) in [5.74, 6) is 0.867. The maximum absolute atomic E-state index is 5.44. The van der Waals surface area contributed by atoms with Crippen LogP contribution in [0.2, 0.25) is 0 Å². The van der Waals surface area contributed by atoms with Crippen molar-refractivity contribution in [3.8, 4) is 5.75 Å². The van der Waals surface area contributed by atoms with Crippen LogP contribution in [0.25, 0.3) is 0 Å². The topological polar surface area (TPSA) is 24.5 Å². The second kappa shape index (κ2) is 7.43. The van der Waals surface area contributed by atoms with E-state index in [0.29, 0.717) is 0 Å². The molecule has 0 fully saturated rings. The standard InChI is InChI=1S/C16H20N2OS2/c1-12-8-9-21-15(12)11-18(2)16(20)17-10-13-4-6-14(19-3)7-5-13/h4-9H,10-11H2,1-3H3,(H,17,20). The van der Waals surface area contributed by atoms with Gasteiger partial charge in [-0.05, 0) is 53.8 Å². The molecule has 1 N–H and O–H groups in total. The Balaban J connectivity index is 1.84. The number of rotatable bonds is 5. The average Bonchev–Trinajstić information content (AvgIpc) is 2.90. The molecular weight excluding hydrogens is 300 g/mol. The fraction of sp³-hybridized carbons (Fsp3) is 0.312. The van der Waals surface area contributed by atoms with Crippen LogP contribution in [0.15, 0.2) is 35.7 Å². The molecule has 3 nitrogen and oxygen atoms in total. The first-order valence-corrected chi connectivity index (χ1v) is 8.04. The van der Waals surface area contributed by atoms with Gasteiger partial charge in [-0.1, -0.05) is 12.1 Å². The third-order valence-electron chi connectivity index (χ3n) is 3.30. The molecule has 0 unspecified atom stereocenters. The van der Waals surface area contributed by atoms with Crippen molar-refractivity contribution in [1.82, 2.24) is 10.2 Å². The Kier molecular flexibility index (Phi) is 5.59. The molecule has 1 aromatic carbocycles. The molecule has 0 saturated heterocycles. The molecule has 0 radical (unpaired) electrons. The van der Waals surface area contributed by atoms with Crippen LogP contribution in [0.4, 0.5) is 0 Å². The van der Waals surface area contributed by atoms with Gasteiger partial charge in [-0.25, -0.2) is 0 Å². The highest BCUT2D eigenvalue weighted by molar-refractivity contribution is 7.80. The van der Waals surface area contributed by atoms with Gasteiger partial charge in [0.25, 0.3) is 0 Å². The number of hydrogen-bond acceptors (Lipinski definition) is 3. The number of thiophene rings is 1. The Bertz CT molecular complexity index is 593. The smallest absolute Gasteiger partial charge is 0.169 e. The molecule has 0 aliphatic rings. The van der Waals surface area contributed by atoms with E-state index in [1.165, 1.54) is 16.0 Å². The van der Waals surface area contributed by atoms with Crippen LogP contribution in [0, 0.1) is 6.92 Å². The van der Waals surface area contributed by atoms with E-state index in [2.05, 4.69) is 28.6 Å². The molecule has 0 spiro atoms. The van der Waals surface area contributed by atoms with Crippen LogP contribution in [-0.2, 0) is 13.1 Å². The lowest BCUT2D eigenvalue weighted by molar-refractivity contribution is 0.414. The summed E-state index contributed by atoms with van der Waals surface area (Å²) in [6, 6.07) is 10.1. The van der Waals surface area contributed by atoms with Crippen molar-refractivity contribution >= 4 is 28.7 Å². The van der Waals surface area contributed by atoms with E-state index in [-0.39, 0.29) is 0 Å². The molecule has 2 rings (SSSR count). The molecule has 1 heterocycles. The number of aryl methyl sites for hydroxylation is 1. The van der Waals surface area contributed by atoms with E-state index in [1.54, 1.807) is 18.4 Å². The first kappa shape index (κ1) is 15.8. The molecule has 0 amide bonds. The molecule has 0 aliphatic carbocycles. The van der Waals surface area contributed by atoms with Crippen molar-refractivity contribution in [3.05, 3.63) is 51.7 Å². The number of nitrogens with zero attached hydrogens (tertiary/aromatic N) is 1. The minimum absolute atomic E-state index is 0.719. The quantitative estimate of drug-likeness (QED) is 0.851. The Morgan fingerprint density at radius 2 is 2.00 bits per heavy atom. The maximum Gasteiger partial charge on any atom is 0.169 e. The van der Waals surface area contributed by atoms with Gasteiger partial charge in [-0.15, -0.1) is 11.3 Å². The van der Waals surface area contributed by atoms with Crippen molar-refractivity contribution in [2.45, 2.75) is 20.0 Å². The number of methoxy groups -OCH3 is 1. The summed E-state index contributed by atoms with van der Waals surface area (Å²) in [5, 5.41) is 6.17. The summed E-state index contributed by atoms with van der Waals surface area (Å²) < 4.78 is 5.15. The van der Waals surface area contributed by atoms with Crippen molar-refractivity contribution in [3.63, 3.8) is 0 Å². The van der Waals surface area contributed by atoms with Crippen LogP contribution in [-0.4, -0.2) is 24.2 Å². The number of thiocarbonyl (C=S) groups is 1. The van der Waals surface area contributed by atoms with Crippen LogP contribution >= 0.6 is 23.6 Å². The number of nitrogens with one attached hydrogen (secondary N) is 1. The second-order valence-corrected chi connectivity index (χ2v) is 6.28. The van der Waals surface area contributed by atoms with Gasteiger partial charge in [0.2, 0.25) is 0 Å². The van der Waals surface area contributed by atoms with Gasteiger partial charge in [-0.2, -0.15) is 0 Å².